The lowest BCUT2D eigenvalue weighted by molar-refractivity contribution is 0.216. The molecule has 3 heteroatoms. The van der Waals surface area contributed by atoms with Gasteiger partial charge in [-0.3, -0.25) is 0 Å². The number of hydrogen-bond donors (Lipinski definition) is 1. The quantitative estimate of drug-likeness (QED) is 0.878. The molecule has 17 heavy (non-hydrogen) atoms. The molecule has 1 atom stereocenters. The molecule has 0 saturated carbocycles. The first-order valence-corrected chi connectivity index (χ1v) is 5.94. The summed E-state index contributed by atoms with van der Waals surface area (Å²) in [6.45, 7) is 4.65. The van der Waals surface area contributed by atoms with E-state index in [1.807, 2.05) is 38.1 Å². The Bertz CT molecular complexity index is 511. The Morgan fingerprint density at radius 2 is 2.12 bits per heavy atom. The van der Waals surface area contributed by atoms with Crippen molar-refractivity contribution in [3.05, 3.63) is 36.0 Å². The van der Waals surface area contributed by atoms with Gasteiger partial charge in [0.05, 0.1) is 6.10 Å². The number of rotatable bonds is 4. The maximum absolute atomic E-state index is 5.88. The molecule has 2 rings (SSSR count). The number of aromatic nitrogens is 1. The van der Waals surface area contributed by atoms with Crippen LogP contribution in [0, 0.1) is 6.92 Å². The van der Waals surface area contributed by atoms with E-state index in [1.165, 1.54) is 0 Å². The molecule has 0 amide bonds. The van der Waals surface area contributed by atoms with E-state index < -0.39 is 0 Å². The van der Waals surface area contributed by atoms with Crippen LogP contribution < -0.4 is 10.5 Å². The van der Waals surface area contributed by atoms with Crippen molar-refractivity contribution in [3.8, 4) is 5.75 Å². The first-order chi connectivity index (χ1) is 8.20. The van der Waals surface area contributed by atoms with Crippen molar-refractivity contribution in [1.82, 2.24) is 4.98 Å². The Hall–Kier alpha value is -1.61. The van der Waals surface area contributed by atoms with Gasteiger partial charge in [0, 0.05) is 11.1 Å². The van der Waals surface area contributed by atoms with Gasteiger partial charge < -0.3 is 10.5 Å². The van der Waals surface area contributed by atoms with Gasteiger partial charge >= 0.3 is 0 Å². The van der Waals surface area contributed by atoms with Gasteiger partial charge in [0.2, 0.25) is 0 Å². The minimum atomic E-state index is 0.118. The number of nitrogens with zero attached hydrogens (tertiary/aromatic N) is 1. The SMILES string of the molecule is Cc1ccc2cccc(OC(C)CCN)c2n1. The highest BCUT2D eigenvalue weighted by atomic mass is 16.5. The second kappa shape index (κ2) is 5.15. The molecule has 1 unspecified atom stereocenters. The fourth-order valence-corrected chi connectivity index (χ4v) is 1.82. The fourth-order valence-electron chi connectivity index (χ4n) is 1.82. The lowest BCUT2D eigenvalue weighted by Crippen LogP contribution is -2.17. The van der Waals surface area contributed by atoms with Crippen molar-refractivity contribution in [3.63, 3.8) is 0 Å². The number of nitrogens with two attached hydrogens (primary N) is 1. The Morgan fingerprint density at radius 1 is 1.29 bits per heavy atom. The molecule has 1 aromatic carbocycles. The lowest BCUT2D eigenvalue weighted by atomic mass is 10.2. The molecule has 0 aliphatic carbocycles. The Kier molecular flexibility index (Phi) is 3.59. The Morgan fingerprint density at radius 3 is 2.88 bits per heavy atom. The molecule has 2 N–H and O–H groups in total. The summed E-state index contributed by atoms with van der Waals surface area (Å²) < 4.78 is 5.88. The van der Waals surface area contributed by atoms with Crippen molar-refractivity contribution in [2.24, 2.45) is 5.73 Å². The molecule has 0 bridgehead atoms. The highest BCUT2D eigenvalue weighted by Gasteiger charge is 2.07. The van der Waals surface area contributed by atoms with Crippen molar-refractivity contribution in [1.29, 1.82) is 0 Å². The van der Waals surface area contributed by atoms with Gasteiger partial charge in [-0.25, -0.2) is 4.98 Å². The zero-order chi connectivity index (χ0) is 12.3. The van der Waals surface area contributed by atoms with Crippen LogP contribution in [-0.4, -0.2) is 17.6 Å². The molecule has 0 radical (unpaired) electrons. The fraction of sp³-hybridized carbons (Fsp3) is 0.357. The normalized spacial score (nSPS) is 12.6. The third kappa shape index (κ3) is 2.74. The molecule has 1 aromatic heterocycles. The average molecular weight is 230 g/mol. The van der Waals surface area contributed by atoms with E-state index in [2.05, 4.69) is 11.1 Å². The topological polar surface area (TPSA) is 48.1 Å². The zero-order valence-electron chi connectivity index (χ0n) is 10.3. The van der Waals surface area contributed by atoms with E-state index in [9.17, 15) is 0 Å². The van der Waals surface area contributed by atoms with Crippen LogP contribution in [0.3, 0.4) is 0 Å². The highest BCUT2D eigenvalue weighted by Crippen LogP contribution is 2.25. The number of benzene rings is 1. The molecule has 2 aromatic rings. The highest BCUT2D eigenvalue weighted by molar-refractivity contribution is 5.84. The van der Waals surface area contributed by atoms with Gasteiger partial charge in [0.1, 0.15) is 11.3 Å². The van der Waals surface area contributed by atoms with Crippen LogP contribution in [-0.2, 0) is 0 Å². The number of ether oxygens (including phenoxy) is 1. The van der Waals surface area contributed by atoms with E-state index in [4.69, 9.17) is 10.5 Å². The summed E-state index contributed by atoms with van der Waals surface area (Å²) in [5.41, 5.74) is 7.45. The second-order valence-electron chi connectivity index (χ2n) is 4.29. The molecule has 0 saturated heterocycles. The number of hydrogen-bond acceptors (Lipinski definition) is 3. The molecule has 1 heterocycles. The third-order valence-corrected chi connectivity index (χ3v) is 2.72. The third-order valence-electron chi connectivity index (χ3n) is 2.72. The van der Waals surface area contributed by atoms with Crippen LogP contribution in [0.25, 0.3) is 10.9 Å². The molecule has 0 aliphatic rings. The van der Waals surface area contributed by atoms with Gasteiger partial charge in [-0.15, -0.1) is 0 Å². The standard InChI is InChI=1S/C14H18N2O/c1-10-6-7-12-4-3-5-13(14(12)16-10)17-11(2)8-9-15/h3-7,11H,8-9,15H2,1-2H3. The average Bonchev–Trinajstić information content (AvgIpc) is 2.30. The van der Waals surface area contributed by atoms with Crippen LogP contribution in [0.4, 0.5) is 0 Å². The van der Waals surface area contributed by atoms with E-state index in [0.717, 1.165) is 28.8 Å². The van der Waals surface area contributed by atoms with Gasteiger partial charge in [-0.05, 0) is 38.9 Å². The molecular formula is C14H18N2O. The number of para-hydroxylation sites is 1. The van der Waals surface area contributed by atoms with Gasteiger partial charge in [-0.1, -0.05) is 18.2 Å². The van der Waals surface area contributed by atoms with Crippen molar-refractivity contribution in [2.75, 3.05) is 6.54 Å². The van der Waals surface area contributed by atoms with Gasteiger partial charge in [-0.2, -0.15) is 0 Å². The minimum Gasteiger partial charge on any atom is -0.488 e. The lowest BCUT2D eigenvalue weighted by Gasteiger charge is -2.15. The molecule has 0 aliphatic heterocycles. The first-order valence-electron chi connectivity index (χ1n) is 5.94. The molecule has 0 spiro atoms. The summed E-state index contributed by atoms with van der Waals surface area (Å²) in [6.07, 6.45) is 0.968. The largest absolute Gasteiger partial charge is 0.488 e. The van der Waals surface area contributed by atoms with Crippen molar-refractivity contribution >= 4 is 10.9 Å². The zero-order valence-corrected chi connectivity index (χ0v) is 10.3. The Labute approximate surface area is 102 Å². The van der Waals surface area contributed by atoms with E-state index in [1.54, 1.807) is 0 Å². The summed E-state index contributed by atoms with van der Waals surface area (Å²) in [4.78, 5) is 4.53. The van der Waals surface area contributed by atoms with Crippen LogP contribution in [0.5, 0.6) is 5.75 Å². The summed E-state index contributed by atoms with van der Waals surface area (Å²) in [6, 6.07) is 10.1. The maximum atomic E-state index is 5.88. The monoisotopic (exact) mass is 230 g/mol. The smallest absolute Gasteiger partial charge is 0.145 e. The summed E-state index contributed by atoms with van der Waals surface area (Å²) >= 11 is 0. The summed E-state index contributed by atoms with van der Waals surface area (Å²) in [5.74, 6) is 0.840. The minimum absolute atomic E-state index is 0.118. The predicted octanol–water partition coefficient (Wildman–Crippen LogP) is 2.66. The molecule has 0 fully saturated rings. The maximum Gasteiger partial charge on any atom is 0.145 e. The van der Waals surface area contributed by atoms with E-state index in [-0.39, 0.29) is 6.10 Å². The van der Waals surface area contributed by atoms with Crippen molar-refractivity contribution in [2.45, 2.75) is 26.4 Å². The number of pyridine rings is 1. The van der Waals surface area contributed by atoms with Gasteiger partial charge in [0.15, 0.2) is 0 Å². The molecule has 90 valence electrons. The first kappa shape index (κ1) is 11.9. The van der Waals surface area contributed by atoms with Crippen LogP contribution in [0.1, 0.15) is 19.0 Å². The predicted molar refractivity (Wildman–Crippen MR) is 70.2 cm³/mol. The van der Waals surface area contributed by atoms with Gasteiger partial charge in [0.25, 0.3) is 0 Å². The number of fused-ring (bicyclic) bond motifs is 1. The van der Waals surface area contributed by atoms with E-state index in [0.29, 0.717) is 6.54 Å². The molecule has 3 nitrogen and oxygen atoms in total. The summed E-state index contributed by atoms with van der Waals surface area (Å²) in [5, 5.41) is 1.10. The molecular weight excluding hydrogens is 212 g/mol. The van der Waals surface area contributed by atoms with Crippen molar-refractivity contribution < 1.29 is 4.74 Å². The van der Waals surface area contributed by atoms with E-state index >= 15 is 0 Å². The summed E-state index contributed by atoms with van der Waals surface area (Å²) in [7, 11) is 0. The van der Waals surface area contributed by atoms with Crippen LogP contribution in [0.15, 0.2) is 30.3 Å². The second-order valence-corrected chi connectivity index (χ2v) is 4.29. The Balaban J connectivity index is 2.36. The van der Waals surface area contributed by atoms with Crippen LogP contribution in [0.2, 0.25) is 0 Å². The number of aryl methyl sites for hydroxylation is 1. The van der Waals surface area contributed by atoms with Crippen LogP contribution >= 0.6 is 0 Å².